The fraction of sp³-hybridized carbons (Fsp3) is 0.647. The largest absolute Gasteiger partial charge is 0.326 e. The minimum Gasteiger partial charge on any atom is -0.326 e. The van der Waals surface area contributed by atoms with Gasteiger partial charge in [0.25, 0.3) is 0 Å². The first-order valence-electron chi connectivity index (χ1n) is 7.94. The minimum atomic E-state index is 0.215. The average molecular weight is 337 g/mol. The third-order valence-corrected chi connectivity index (χ3v) is 5.97. The van der Waals surface area contributed by atoms with E-state index in [1.54, 1.807) is 0 Å². The summed E-state index contributed by atoms with van der Waals surface area (Å²) in [5, 5.41) is 0. The number of hydrogen-bond donors (Lipinski definition) is 1. The lowest BCUT2D eigenvalue weighted by Crippen LogP contribution is -2.40. The molecule has 3 rings (SSSR count). The zero-order chi connectivity index (χ0) is 14.1. The van der Waals surface area contributed by atoms with E-state index >= 15 is 0 Å². The first-order chi connectivity index (χ1) is 9.70. The summed E-state index contributed by atoms with van der Waals surface area (Å²) in [6, 6.07) is 9.17. The van der Waals surface area contributed by atoms with Crippen LogP contribution in [0.2, 0.25) is 0 Å². The summed E-state index contributed by atoms with van der Waals surface area (Å²) in [6.45, 7) is 4.68. The van der Waals surface area contributed by atoms with Gasteiger partial charge in [0.2, 0.25) is 0 Å². The minimum absolute atomic E-state index is 0.215. The molecule has 2 fully saturated rings. The van der Waals surface area contributed by atoms with Crippen LogP contribution in [0.3, 0.4) is 0 Å². The molecule has 1 aliphatic carbocycles. The van der Waals surface area contributed by atoms with Gasteiger partial charge >= 0.3 is 0 Å². The monoisotopic (exact) mass is 336 g/mol. The van der Waals surface area contributed by atoms with Crippen LogP contribution in [0.15, 0.2) is 28.7 Å². The van der Waals surface area contributed by atoms with Crippen molar-refractivity contribution >= 4 is 15.9 Å². The van der Waals surface area contributed by atoms with Crippen LogP contribution in [0.1, 0.15) is 44.2 Å². The van der Waals surface area contributed by atoms with E-state index in [2.05, 4.69) is 52.0 Å². The average Bonchev–Trinajstić information content (AvgIpc) is 3.02. The second kappa shape index (κ2) is 6.17. The van der Waals surface area contributed by atoms with Crippen molar-refractivity contribution in [3.63, 3.8) is 0 Å². The Kier molecular flexibility index (Phi) is 4.49. The quantitative estimate of drug-likeness (QED) is 0.901. The topological polar surface area (TPSA) is 29.3 Å². The van der Waals surface area contributed by atoms with Crippen molar-refractivity contribution in [2.24, 2.45) is 17.6 Å². The second-order valence-electron chi connectivity index (χ2n) is 6.44. The maximum Gasteiger partial charge on any atom is 0.0510 e. The van der Waals surface area contributed by atoms with Gasteiger partial charge in [0.15, 0.2) is 0 Å². The predicted octanol–water partition coefficient (Wildman–Crippen LogP) is 3.96. The van der Waals surface area contributed by atoms with Crippen molar-refractivity contribution in [3.8, 4) is 0 Å². The van der Waals surface area contributed by atoms with Gasteiger partial charge in [-0.25, -0.2) is 0 Å². The van der Waals surface area contributed by atoms with Crippen molar-refractivity contribution < 1.29 is 0 Å². The van der Waals surface area contributed by atoms with Gasteiger partial charge in [-0.1, -0.05) is 47.5 Å². The molecule has 1 saturated carbocycles. The third-order valence-electron chi connectivity index (χ3n) is 5.25. The summed E-state index contributed by atoms with van der Waals surface area (Å²) < 4.78 is 1.20. The number of likely N-dealkylation sites (tertiary alicyclic amines) is 1. The number of nitrogens with zero attached hydrogens (tertiary/aromatic N) is 1. The molecule has 0 bridgehead atoms. The van der Waals surface area contributed by atoms with Crippen LogP contribution in [-0.4, -0.2) is 24.0 Å². The van der Waals surface area contributed by atoms with Crippen molar-refractivity contribution in [1.29, 1.82) is 0 Å². The zero-order valence-corrected chi connectivity index (χ0v) is 13.8. The van der Waals surface area contributed by atoms with Gasteiger partial charge in [0, 0.05) is 23.6 Å². The molecule has 3 heteroatoms. The Labute approximate surface area is 130 Å². The van der Waals surface area contributed by atoms with E-state index in [1.807, 2.05) is 0 Å². The normalized spacial score (nSPS) is 29.4. The highest BCUT2D eigenvalue weighted by atomic mass is 79.9. The van der Waals surface area contributed by atoms with E-state index in [-0.39, 0.29) is 6.04 Å². The van der Waals surface area contributed by atoms with Crippen molar-refractivity contribution in [2.45, 2.75) is 44.7 Å². The second-order valence-corrected chi connectivity index (χ2v) is 7.30. The van der Waals surface area contributed by atoms with Crippen LogP contribution in [0, 0.1) is 11.8 Å². The fourth-order valence-corrected chi connectivity index (χ4v) is 4.65. The predicted molar refractivity (Wildman–Crippen MR) is 87.6 cm³/mol. The van der Waals surface area contributed by atoms with Crippen molar-refractivity contribution in [2.75, 3.05) is 13.1 Å². The van der Waals surface area contributed by atoms with E-state index in [1.165, 1.54) is 42.4 Å². The molecule has 0 amide bonds. The van der Waals surface area contributed by atoms with Gasteiger partial charge in [0.05, 0.1) is 6.04 Å². The zero-order valence-electron chi connectivity index (χ0n) is 12.3. The fourth-order valence-electron chi connectivity index (χ4n) is 4.13. The molecule has 2 aliphatic rings. The summed E-state index contributed by atoms with van der Waals surface area (Å²) in [4.78, 5) is 2.66. The Morgan fingerprint density at radius 3 is 2.50 bits per heavy atom. The first kappa shape index (κ1) is 14.6. The molecule has 1 aliphatic heterocycles. The standard InChI is InChI=1S/C17H25BrN2/c1-2-16(19)17(14-8-3-4-9-15(14)18)20-10-12-6-5-7-13(12)11-20/h3-4,8-9,12-13,16-17H,2,5-7,10-11,19H2,1H3. The number of fused-ring (bicyclic) bond motifs is 1. The lowest BCUT2D eigenvalue weighted by Gasteiger charge is -2.34. The molecule has 0 spiro atoms. The van der Waals surface area contributed by atoms with Gasteiger partial charge in [-0.05, 0) is 42.7 Å². The lowest BCUT2D eigenvalue weighted by atomic mass is 9.96. The summed E-state index contributed by atoms with van der Waals surface area (Å²) in [5.41, 5.74) is 7.85. The molecule has 2 N–H and O–H groups in total. The van der Waals surface area contributed by atoms with Crippen LogP contribution >= 0.6 is 15.9 Å². The Morgan fingerprint density at radius 1 is 1.25 bits per heavy atom. The number of halogens is 1. The van der Waals surface area contributed by atoms with Crippen molar-refractivity contribution in [3.05, 3.63) is 34.3 Å². The Balaban J connectivity index is 1.86. The van der Waals surface area contributed by atoms with E-state index in [0.29, 0.717) is 6.04 Å². The molecule has 0 radical (unpaired) electrons. The molecule has 1 saturated heterocycles. The number of benzene rings is 1. The smallest absolute Gasteiger partial charge is 0.0510 e. The number of hydrogen-bond acceptors (Lipinski definition) is 2. The summed E-state index contributed by atoms with van der Waals surface area (Å²) in [7, 11) is 0. The van der Waals surface area contributed by atoms with Gasteiger partial charge in [-0.15, -0.1) is 0 Å². The van der Waals surface area contributed by atoms with Crippen LogP contribution < -0.4 is 5.73 Å². The lowest BCUT2D eigenvalue weighted by molar-refractivity contribution is 0.193. The maximum absolute atomic E-state index is 6.49. The van der Waals surface area contributed by atoms with Crippen molar-refractivity contribution in [1.82, 2.24) is 4.90 Å². The van der Waals surface area contributed by atoms with Crippen LogP contribution in [-0.2, 0) is 0 Å². The van der Waals surface area contributed by atoms with Gasteiger partial charge < -0.3 is 5.73 Å². The summed E-state index contributed by atoms with van der Waals surface area (Å²) in [6.07, 6.45) is 5.30. The van der Waals surface area contributed by atoms with Gasteiger partial charge in [0.1, 0.15) is 0 Å². The Morgan fingerprint density at radius 2 is 1.90 bits per heavy atom. The van der Waals surface area contributed by atoms with E-state index in [9.17, 15) is 0 Å². The van der Waals surface area contributed by atoms with E-state index < -0.39 is 0 Å². The molecular weight excluding hydrogens is 312 g/mol. The molecule has 20 heavy (non-hydrogen) atoms. The van der Waals surface area contributed by atoms with Crippen LogP contribution in [0.5, 0.6) is 0 Å². The molecule has 4 atom stereocenters. The van der Waals surface area contributed by atoms with Crippen LogP contribution in [0.25, 0.3) is 0 Å². The third kappa shape index (κ3) is 2.68. The van der Waals surface area contributed by atoms with E-state index in [4.69, 9.17) is 5.73 Å². The molecule has 2 nitrogen and oxygen atoms in total. The molecule has 1 aromatic rings. The molecule has 1 heterocycles. The summed E-state index contributed by atoms with van der Waals surface area (Å²) in [5.74, 6) is 1.84. The first-order valence-corrected chi connectivity index (χ1v) is 8.74. The highest BCUT2D eigenvalue weighted by molar-refractivity contribution is 9.10. The Hall–Kier alpha value is -0.380. The molecule has 110 valence electrons. The molecule has 1 aromatic carbocycles. The molecule has 0 aromatic heterocycles. The van der Waals surface area contributed by atoms with Gasteiger partial charge in [-0.2, -0.15) is 0 Å². The highest BCUT2D eigenvalue weighted by Gasteiger charge is 2.40. The van der Waals surface area contributed by atoms with Crippen LogP contribution in [0.4, 0.5) is 0 Å². The maximum atomic E-state index is 6.49. The summed E-state index contributed by atoms with van der Waals surface area (Å²) >= 11 is 3.72. The molecule has 4 unspecified atom stereocenters. The van der Waals surface area contributed by atoms with Gasteiger partial charge in [-0.3, -0.25) is 4.90 Å². The highest BCUT2D eigenvalue weighted by Crippen LogP contribution is 2.42. The number of nitrogens with two attached hydrogens (primary N) is 1. The number of rotatable bonds is 4. The Bertz CT molecular complexity index is 450. The SMILES string of the molecule is CCC(N)C(c1ccccc1Br)N1CC2CCCC2C1. The van der Waals surface area contributed by atoms with E-state index in [0.717, 1.165) is 18.3 Å². The molecular formula is C17H25BrN2.